The molecular formula is C32H37F3N4O4. The van der Waals surface area contributed by atoms with Crippen LogP contribution in [0, 0.1) is 0 Å². The Morgan fingerprint density at radius 3 is 2.23 bits per heavy atom. The zero-order valence-electron chi connectivity index (χ0n) is 25.0. The highest BCUT2D eigenvalue weighted by Gasteiger charge is 2.33. The Morgan fingerprint density at radius 2 is 1.60 bits per heavy atom. The van der Waals surface area contributed by atoms with Crippen molar-refractivity contribution in [2.75, 3.05) is 54.6 Å². The maximum absolute atomic E-state index is 13.9. The van der Waals surface area contributed by atoms with Crippen LogP contribution in [-0.4, -0.2) is 69.3 Å². The lowest BCUT2D eigenvalue weighted by Crippen LogP contribution is -2.45. The van der Waals surface area contributed by atoms with E-state index in [1.54, 1.807) is 20.3 Å². The Labute approximate surface area is 249 Å². The standard InChI is InChI=1S/C32H37F3N4O4/c1-6-23(38-14-12-36-13-15-38)30-29-24(39(37-30)19-20-10-11-25(40-2)26(16-20)41-3)18-27(42-4)31(43-5)28(29)21-8-7-9-22(17-21)32(33,34)35/h7-11,16-18,23,36H,6,12-15,19H2,1-5H3. The summed E-state index contributed by atoms with van der Waals surface area (Å²) in [5.41, 5.74) is 2.58. The van der Waals surface area contributed by atoms with Gasteiger partial charge in [0.15, 0.2) is 23.0 Å². The molecule has 1 atom stereocenters. The van der Waals surface area contributed by atoms with Crippen molar-refractivity contribution in [3.05, 3.63) is 65.4 Å². The monoisotopic (exact) mass is 598 g/mol. The molecule has 43 heavy (non-hydrogen) atoms. The number of halogens is 3. The van der Waals surface area contributed by atoms with Crippen LogP contribution in [0.25, 0.3) is 22.0 Å². The molecule has 2 heterocycles. The predicted molar refractivity (Wildman–Crippen MR) is 159 cm³/mol. The molecule has 11 heteroatoms. The van der Waals surface area contributed by atoms with Gasteiger partial charge in [0.1, 0.15) is 0 Å². The third kappa shape index (κ3) is 5.96. The maximum atomic E-state index is 13.9. The Bertz CT molecular complexity index is 1580. The van der Waals surface area contributed by atoms with Crippen LogP contribution >= 0.6 is 0 Å². The minimum Gasteiger partial charge on any atom is -0.493 e. The van der Waals surface area contributed by atoms with Crippen molar-refractivity contribution in [3.8, 4) is 34.1 Å². The highest BCUT2D eigenvalue weighted by atomic mass is 19.4. The first-order valence-corrected chi connectivity index (χ1v) is 14.2. The summed E-state index contributed by atoms with van der Waals surface area (Å²) in [6, 6.07) is 12.8. The molecule has 0 saturated carbocycles. The molecule has 1 aliphatic rings. The number of piperazine rings is 1. The normalized spacial score (nSPS) is 15.0. The number of methoxy groups -OCH3 is 4. The highest BCUT2D eigenvalue weighted by Crippen LogP contribution is 2.48. The minimum atomic E-state index is -4.51. The van der Waals surface area contributed by atoms with E-state index in [4.69, 9.17) is 24.0 Å². The van der Waals surface area contributed by atoms with E-state index in [0.717, 1.165) is 66.9 Å². The Morgan fingerprint density at radius 1 is 0.884 bits per heavy atom. The van der Waals surface area contributed by atoms with E-state index in [2.05, 4.69) is 17.1 Å². The van der Waals surface area contributed by atoms with E-state index in [1.165, 1.54) is 20.3 Å². The van der Waals surface area contributed by atoms with Gasteiger partial charge in [0.2, 0.25) is 0 Å². The summed E-state index contributed by atoms with van der Waals surface area (Å²) >= 11 is 0. The van der Waals surface area contributed by atoms with Gasteiger partial charge < -0.3 is 24.3 Å². The van der Waals surface area contributed by atoms with Crippen LogP contribution in [0.15, 0.2) is 48.5 Å². The van der Waals surface area contributed by atoms with Crippen LogP contribution in [0.5, 0.6) is 23.0 Å². The summed E-state index contributed by atoms with van der Waals surface area (Å²) < 4.78 is 66.1. The Hall–Kier alpha value is -3.96. The molecule has 1 aromatic heterocycles. The van der Waals surface area contributed by atoms with E-state index >= 15 is 0 Å². The number of fused-ring (bicyclic) bond motifs is 1. The molecule has 0 radical (unpaired) electrons. The summed E-state index contributed by atoms with van der Waals surface area (Å²) in [6.45, 7) is 5.84. The van der Waals surface area contributed by atoms with Gasteiger partial charge in [0.05, 0.1) is 57.8 Å². The van der Waals surface area contributed by atoms with Crippen LogP contribution in [0.3, 0.4) is 0 Å². The lowest BCUT2D eigenvalue weighted by atomic mass is 9.93. The summed E-state index contributed by atoms with van der Waals surface area (Å²) in [5.74, 6) is 1.96. The summed E-state index contributed by atoms with van der Waals surface area (Å²) in [6.07, 6.45) is -3.74. The second-order valence-corrected chi connectivity index (χ2v) is 10.4. The fourth-order valence-electron chi connectivity index (χ4n) is 5.93. The molecule has 0 bridgehead atoms. The average Bonchev–Trinajstić information content (AvgIpc) is 3.37. The molecular weight excluding hydrogens is 561 g/mol. The highest BCUT2D eigenvalue weighted by molar-refractivity contribution is 6.02. The zero-order chi connectivity index (χ0) is 30.7. The van der Waals surface area contributed by atoms with Gasteiger partial charge in [-0.3, -0.25) is 9.58 Å². The van der Waals surface area contributed by atoms with Gasteiger partial charge in [0.25, 0.3) is 0 Å². The van der Waals surface area contributed by atoms with Gasteiger partial charge in [-0.2, -0.15) is 18.3 Å². The van der Waals surface area contributed by atoms with Crippen molar-refractivity contribution in [1.82, 2.24) is 20.0 Å². The molecule has 1 saturated heterocycles. The van der Waals surface area contributed by atoms with Gasteiger partial charge >= 0.3 is 6.18 Å². The topological polar surface area (TPSA) is 70.0 Å². The number of nitrogens with zero attached hydrogens (tertiary/aromatic N) is 3. The molecule has 4 aromatic rings. The van der Waals surface area contributed by atoms with Gasteiger partial charge in [-0.05, 0) is 41.8 Å². The molecule has 0 aliphatic carbocycles. The van der Waals surface area contributed by atoms with Gasteiger partial charge in [-0.25, -0.2) is 0 Å². The number of ether oxygens (including phenoxy) is 4. The van der Waals surface area contributed by atoms with Crippen LogP contribution < -0.4 is 24.3 Å². The minimum absolute atomic E-state index is 0.0705. The second-order valence-electron chi connectivity index (χ2n) is 10.4. The van der Waals surface area contributed by atoms with E-state index < -0.39 is 11.7 Å². The first kappa shape index (κ1) is 30.5. The van der Waals surface area contributed by atoms with Gasteiger partial charge in [-0.15, -0.1) is 0 Å². The smallest absolute Gasteiger partial charge is 0.416 e. The first-order chi connectivity index (χ1) is 20.7. The SMILES string of the molecule is CCC(c1nn(Cc2ccc(OC)c(OC)c2)c2cc(OC)c(OC)c(-c3cccc(C(F)(F)F)c3)c12)N1CCNCC1. The van der Waals surface area contributed by atoms with Crippen molar-refractivity contribution >= 4 is 10.9 Å². The number of rotatable bonds is 10. The van der Waals surface area contributed by atoms with Crippen LogP contribution in [0.4, 0.5) is 13.2 Å². The van der Waals surface area contributed by atoms with Crippen molar-refractivity contribution < 1.29 is 32.1 Å². The summed E-state index contributed by atoms with van der Waals surface area (Å²) in [4.78, 5) is 2.38. The third-order valence-electron chi connectivity index (χ3n) is 7.97. The fourth-order valence-corrected chi connectivity index (χ4v) is 5.93. The number of alkyl halides is 3. The van der Waals surface area contributed by atoms with Crippen LogP contribution in [-0.2, 0) is 12.7 Å². The number of nitrogens with one attached hydrogen (secondary N) is 1. The molecule has 0 amide bonds. The van der Waals surface area contributed by atoms with Crippen LogP contribution in [0.2, 0.25) is 0 Å². The molecule has 0 spiro atoms. The molecule has 3 aromatic carbocycles. The van der Waals surface area contributed by atoms with E-state index in [-0.39, 0.29) is 6.04 Å². The Balaban J connectivity index is 1.81. The van der Waals surface area contributed by atoms with Crippen molar-refractivity contribution in [2.24, 2.45) is 0 Å². The lowest BCUT2D eigenvalue weighted by Gasteiger charge is -2.34. The number of hydrogen-bond acceptors (Lipinski definition) is 7. The van der Waals surface area contributed by atoms with Gasteiger partial charge in [0, 0.05) is 43.2 Å². The maximum Gasteiger partial charge on any atom is 0.416 e. The first-order valence-electron chi connectivity index (χ1n) is 14.2. The molecule has 8 nitrogen and oxygen atoms in total. The Kier molecular flexibility index (Phi) is 9.03. The summed E-state index contributed by atoms with van der Waals surface area (Å²) in [7, 11) is 6.19. The number of benzene rings is 3. The average molecular weight is 599 g/mol. The lowest BCUT2D eigenvalue weighted by molar-refractivity contribution is -0.137. The number of aromatic nitrogens is 2. The molecule has 1 unspecified atom stereocenters. The predicted octanol–water partition coefficient (Wildman–Crippen LogP) is 6.16. The number of hydrogen-bond donors (Lipinski definition) is 1. The van der Waals surface area contributed by atoms with Crippen molar-refractivity contribution in [2.45, 2.75) is 32.1 Å². The third-order valence-corrected chi connectivity index (χ3v) is 7.97. The molecule has 230 valence electrons. The van der Waals surface area contributed by atoms with Crippen LogP contribution in [0.1, 0.15) is 36.2 Å². The fraction of sp³-hybridized carbons (Fsp3) is 0.406. The molecule has 5 rings (SSSR count). The van der Waals surface area contributed by atoms with Gasteiger partial charge in [-0.1, -0.05) is 25.1 Å². The van der Waals surface area contributed by atoms with E-state index in [1.807, 2.05) is 28.9 Å². The molecule has 1 fully saturated rings. The molecule has 1 aliphatic heterocycles. The zero-order valence-corrected chi connectivity index (χ0v) is 25.0. The van der Waals surface area contributed by atoms with Crippen molar-refractivity contribution in [1.29, 1.82) is 0 Å². The largest absolute Gasteiger partial charge is 0.493 e. The van der Waals surface area contributed by atoms with E-state index in [0.29, 0.717) is 40.7 Å². The van der Waals surface area contributed by atoms with E-state index in [9.17, 15) is 13.2 Å². The quantitative estimate of drug-likeness (QED) is 0.235. The summed E-state index contributed by atoms with van der Waals surface area (Å²) in [5, 5.41) is 9.32. The second kappa shape index (κ2) is 12.7. The van der Waals surface area contributed by atoms with Crippen molar-refractivity contribution in [3.63, 3.8) is 0 Å². The molecule has 1 N–H and O–H groups in total.